The molecule has 8 unspecified atom stereocenters. The molecular weight excluding hydrogens is 384 g/mol. The molecule has 0 amide bonds. The first-order valence-corrected chi connectivity index (χ1v) is 11.3. The third kappa shape index (κ3) is 2.64. The van der Waals surface area contributed by atoms with Crippen LogP contribution in [0.4, 0.5) is 0 Å². The van der Waals surface area contributed by atoms with Gasteiger partial charge in [0.15, 0.2) is 0 Å². The second-order valence-corrected chi connectivity index (χ2v) is 10.8. The van der Waals surface area contributed by atoms with Crippen LogP contribution < -0.4 is 0 Å². The average Bonchev–Trinajstić information content (AvgIpc) is 2.69. The third-order valence-corrected chi connectivity index (χ3v) is 9.44. The maximum atomic E-state index is 12.3. The van der Waals surface area contributed by atoms with Gasteiger partial charge in [-0.2, -0.15) is 0 Å². The largest absolute Gasteiger partial charge is 0.481 e. The van der Waals surface area contributed by atoms with Crippen molar-refractivity contribution in [1.82, 2.24) is 0 Å². The van der Waals surface area contributed by atoms with Crippen molar-refractivity contribution in [2.24, 2.45) is 39.9 Å². The fraction of sp³-hybridized carbons (Fsp3) is 0.792. The molecule has 5 aliphatic carbocycles. The molecule has 0 saturated heterocycles. The number of rotatable bonds is 6. The van der Waals surface area contributed by atoms with E-state index < -0.39 is 29.0 Å². The van der Waals surface area contributed by atoms with Crippen molar-refractivity contribution in [1.29, 1.82) is 0 Å². The van der Waals surface area contributed by atoms with E-state index in [-0.39, 0.29) is 23.2 Å². The number of hydrogen-bond donors (Lipinski definition) is 1. The van der Waals surface area contributed by atoms with E-state index in [1.165, 1.54) is 5.57 Å². The first-order valence-electron chi connectivity index (χ1n) is 11.3. The van der Waals surface area contributed by atoms with Gasteiger partial charge in [-0.1, -0.05) is 38.8 Å². The molecule has 0 heterocycles. The zero-order valence-electron chi connectivity index (χ0n) is 18.4. The molecule has 0 radical (unpaired) electrons. The summed E-state index contributed by atoms with van der Waals surface area (Å²) < 4.78 is 11.2. The predicted octanol–water partition coefficient (Wildman–Crippen LogP) is 3.98. The molecule has 5 aliphatic rings. The maximum absolute atomic E-state index is 12.3. The van der Waals surface area contributed by atoms with Gasteiger partial charge in [-0.25, -0.2) is 0 Å². The molecule has 0 aliphatic heterocycles. The number of ether oxygens (including phenoxy) is 2. The second-order valence-electron chi connectivity index (χ2n) is 10.8. The van der Waals surface area contributed by atoms with Gasteiger partial charge in [0.2, 0.25) is 0 Å². The lowest BCUT2D eigenvalue weighted by atomic mass is 9.37. The molecule has 0 aromatic rings. The van der Waals surface area contributed by atoms with Gasteiger partial charge in [0.05, 0.1) is 5.41 Å². The number of aliphatic carboxylic acids is 1. The van der Waals surface area contributed by atoms with Gasteiger partial charge in [0.25, 0.3) is 12.9 Å². The van der Waals surface area contributed by atoms with Crippen LogP contribution in [-0.4, -0.2) is 36.2 Å². The molecule has 1 spiro atoms. The smallest absolute Gasteiger partial charge is 0.309 e. The number of fused-ring (bicyclic) bond motifs is 2. The Labute approximate surface area is 178 Å². The van der Waals surface area contributed by atoms with Gasteiger partial charge >= 0.3 is 5.97 Å². The van der Waals surface area contributed by atoms with Crippen LogP contribution in [0.25, 0.3) is 0 Å². The molecule has 30 heavy (non-hydrogen) atoms. The van der Waals surface area contributed by atoms with Crippen LogP contribution in [0.15, 0.2) is 11.6 Å². The van der Waals surface area contributed by atoms with Crippen LogP contribution in [0.5, 0.6) is 0 Å². The van der Waals surface area contributed by atoms with Crippen molar-refractivity contribution in [3.05, 3.63) is 11.6 Å². The van der Waals surface area contributed by atoms with E-state index in [1.54, 1.807) is 0 Å². The first-order chi connectivity index (χ1) is 14.2. The number of carbonyl (C=O) groups excluding carboxylic acids is 2. The van der Waals surface area contributed by atoms with Crippen LogP contribution in [-0.2, 0) is 23.9 Å². The molecule has 2 bridgehead atoms. The molecule has 8 atom stereocenters. The number of carboxylic acids is 1. The molecule has 166 valence electrons. The third-order valence-electron chi connectivity index (χ3n) is 9.44. The van der Waals surface area contributed by atoms with Gasteiger partial charge in [-0.3, -0.25) is 14.4 Å². The van der Waals surface area contributed by atoms with Crippen molar-refractivity contribution in [3.8, 4) is 0 Å². The van der Waals surface area contributed by atoms with E-state index in [4.69, 9.17) is 9.47 Å². The van der Waals surface area contributed by atoms with Crippen LogP contribution in [0.1, 0.15) is 66.2 Å². The monoisotopic (exact) mass is 418 g/mol. The lowest BCUT2D eigenvalue weighted by Crippen LogP contribution is -2.68. The zero-order valence-corrected chi connectivity index (χ0v) is 18.4. The topological polar surface area (TPSA) is 89.9 Å². The molecule has 0 aromatic carbocycles. The Morgan fingerprint density at radius 1 is 1.13 bits per heavy atom. The minimum atomic E-state index is -0.727. The summed E-state index contributed by atoms with van der Waals surface area (Å²) in [7, 11) is 0. The summed E-state index contributed by atoms with van der Waals surface area (Å²) in [5.41, 5.74) is -0.0133. The summed E-state index contributed by atoms with van der Waals surface area (Å²) in [4.78, 5) is 35.1. The summed E-state index contributed by atoms with van der Waals surface area (Å²) in [6, 6.07) is 0. The van der Waals surface area contributed by atoms with E-state index >= 15 is 0 Å². The number of carboxylic acid groups (broad SMARTS) is 1. The van der Waals surface area contributed by atoms with E-state index in [9.17, 15) is 19.5 Å². The van der Waals surface area contributed by atoms with Gasteiger partial charge in [0, 0.05) is 11.3 Å². The molecule has 3 fully saturated rings. The lowest BCUT2D eigenvalue weighted by molar-refractivity contribution is -0.230. The predicted molar refractivity (Wildman–Crippen MR) is 109 cm³/mol. The maximum Gasteiger partial charge on any atom is 0.309 e. The summed E-state index contributed by atoms with van der Waals surface area (Å²) in [5, 5.41) is 10.1. The SMILES string of the molecule is CC(C)C1=CC23CCC4C(C)(C(=O)O)CCCC4(C)C2CC1C(OC=O)C3OC=O. The van der Waals surface area contributed by atoms with Crippen LogP contribution in [0, 0.1) is 39.9 Å². The standard InChI is InChI=1S/C24H34O6/c1-14(2)16-11-24-9-6-17-22(3,7-5-8-23(17,4)21(27)28)18(24)10-15(16)19(29-12-25)20(24)30-13-26/h11-15,17-20H,5-10H2,1-4H3,(H,27,28). The minimum absolute atomic E-state index is 0.000565. The summed E-state index contributed by atoms with van der Waals surface area (Å²) in [6.45, 7) is 9.45. The lowest BCUT2D eigenvalue weighted by Gasteiger charge is -2.68. The Morgan fingerprint density at radius 3 is 2.43 bits per heavy atom. The second kappa shape index (κ2) is 7.10. The Morgan fingerprint density at radius 2 is 1.83 bits per heavy atom. The molecule has 6 nitrogen and oxygen atoms in total. The average molecular weight is 419 g/mol. The molecule has 0 aromatic heterocycles. The fourth-order valence-corrected chi connectivity index (χ4v) is 8.24. The summed E-state index contributed by atoms with van der Waals surface area (Å²) in [5.74, 6) is -0.0997. The highest BCUT2D eigenvalue weighted by atomic mass is 16.6. The molecule has 3 saturated carbocycles. The van der Waals surface area contributed by atoms with E-state index in [0.717, 1.165) is 32.1 Å². The van der Waals surface area contributed by atoms with E-state index in [1.807, 2.05) is 6.92 Å². The highest BCUT2D eigenvalue weighted by Crippen LogP contribution is 2.71. The van der Waals surface area contributed by atoms with Crippen molar-refractivity contribution >= 4 is 18.9 Å². The van der Waals surface area contributed by atoms with E-state index in [0.29, 0.717) is 25.3 Å². The Hall–Kier alpha value is -1.85. The minimum Gasteiger partial charge on any atom is -0.481 e. The van der Waals surface area contributed by atoms with Crippen molar-refractivity contribution in [2.45, 2.75) is 78.4 Å². The quantitative estimate of drug-likeness (QED) is 0.518. The van der Waals surface area contributed by atoms with Crippen LogP contribution >= 0.6 is 0 Å². The first kappa shape index (κ1) is 21.4. The normalized spacial score (nSPS) is 47.0. The fourth-order valence-electron chi connectivity index (χ4n) is 8.24. The van der Waals surface area contributed by atoms with Gasteiger partial charge < -0.3 is 14.6 Å². The van der Waals surface area contributed by atoms with Crippen molar-refractivity contribution in [3.63, 3.8) is 0 Å². The number of carbonyl (C=O) groups is 3. The van der Waals surface area contributed by atoms with Gasteiger partial charge in [-0.05, 0) is 62.2 Å². The molecular formula is C24H34O6. The summed E-state index contributed by atoms with van der Waals surface area (Å²) >= 11 is 0. The molecule has 6 heteroatoms. The zero-order chi connectivity index (χ0) is 21.9. The highest BCUT2D eigenvalue weighted by molar-refractivity contribution is 5.75. The Kier molecular flexibility index (Phi) is 5.06. The summed E-state index contributed by atoms with van der Waals surface area (Å²) in [6.07, 6.45) is 6.31. The molecule has 1 N–H and O–H groups in total. The van der Waals surface area contributed by atoms with Crippen molar-refractivity contribution in [2.75, 3.05) is 0 Å². The molecule has 5 rings (SSSR count). The van der Waals surface area contributed by atoms with E-state index in [2.05, 4.69) is 26.8 Å². The number of hydrogen-bond acceptors (Lipinski definition) is 5. The van der Waals surface area contributed by atoms with Gasteiger partial charge in [-0.15, -0.1) is 0 Å². The Balaban J connectivity index is 1.85. The highest BCUT2D eigenvalue weighted by Gasteiger charge is 2.70. The van der Waals surface area contributed by atoms with Gasteiger partial charge in [0.1, 0.15) is 12.2 Å². The Bertz CT molecular complexity index is 774. The van der Waals surface area contributed by atoms with Crippen LogP contribution in [0.2, 0.25) is 0 Å². The van der Waals surface area contributed by atoms with Crippen LogP contribution in [0.3, 0.4) is 0 Å². The van der Waals surface area contributed by atoms with Crippen molar-refractivity contribution < 1.29 is 29.0 Å².